The first-order chi connectivity index (χ1) is 19.0. The number of carbonyl (C=O) groups excluding carboxylic acids is 2. The highest BCUT2D eigenvalue weighted by Gasteiger charge is 2.48. The minimum Gasteiger partial charge on any atom is -0.475 e. The van der Waals surface area contributed by atoms with E-state index in [0.717, 1.165) is 27.8 Å². The van der Waals surface area contributed by atoms with Gasteiger partial charge in [-0.05, 0) is 44.0 Å². The van der Waals surface area contributed by atoms with Crippen LogP contribution in [0.1, 0.15) is 37.6 Å². The van der Waals surface area contributed by atoms with Crippen LogP contribution in [0.5, 0.6) is 0 Å². The van der Waals surface area contributed by atoms with Gasteiger partial charge in [0.25, 0.3) is 5.79 Å². The molecule has 0 aliphatic carbocycles. The number of nitrogens with one attached hydrogen (secondary N) is 1. The highest BCUT2D eigenvalue weighted by molar-refractivity contribution is 6.09. The zero-order valence-electron chi connectivity index (χ0n) is 21.9. The number of aromatic nitrogens is 4. The smallest absolute Gasteiger partial charge is 0.374 e. The van der Waals surface area contributed by atoms with Gasteiger partial charge in [-0.1, -0.05) is 30.3 Å². The standard InChI is InChI=1S/C28H25N6O6/c1-4-33-20-11-18-17(10-16(20)27(2,3)25(33)37)30-23(31-18)19-12-22(34(32-19)26(29)38)28(13-15-8-6-5-7-9-15)39-14-21(40-28)24(35)36/h5-11,14H,4,13H2,1-3H3,(H2,29,38)(H,30,31)(H,35,36). The average molecular weight is 542 g/mol. The Balaban J connectivity index is 1.46. The zero-order chi connectivity index (χ0) is 28.4. The van der Waals surface area contributed by atoms with Crippen molar-refractivity contribution in [3.8, 4) is 11.5 Å². The molecule has 2 aliphatic rings. The molecule has 1 atom stereocenters. The number of nitrogens with zero attached hydrogens (tertiary/aromatic N) is 4. The topological polar surface area (TPSA) is 166 Å². The molecule has 6 rings (SSSR count). The molecule has 4 aromatic rings. The SMILES string of the molecule is CCN1C(=O)C(C)(C)c2cc3[nH]c(-c4[c]c(C5(Cc6ccccc6)OC=C(C(=O)O)O5)n(C(N)=O)n4)nc3cc21. The van der Waals surface area contributed by atoms with Crippen molar-refractivity contribution in [2.45, 2.75) is 38.4 Å². The molecule has 0 bridgehead atoms. The lowest BCUT2D eigenvalue weighted by Gasteiger charge is -2.28. The number of ether oxygens (including phenoxy) is 2. The maximum absolute atomic E-state index is 12.9. The van der Waals surface area contributed by atoms with Crippen molar-refractivity contribution in [3.05, 3.63) is 77.4 Å². The lowest BCUT2D eigenvalue weighted by atomic mass is 9.86. The summed E-state index contributed by atoms with van der Waals surface area (Å²) in [5, 5.41) is 13.8. The fraction of sp³-hybridized carbons (Fsp3) is 0.250. The third kappa shape index (κ3) is 3.71. The van der Waals surface area contributed by atoms with E-state index in [2.05, 4.69) is 21.1 Å². The number of nitrogens with two attached hydrogens (primary N) is 1. The average Bonchev–Trinajstić information content (AvgIpc) is 3.68. The number of H-pyrrole nitrogens is 1. The first kappa shape index (κ1) is 25.2. The second kappa shape index (κ2) is 8.70. The van der Waals surface area contributed by atoms with E-state index in [1.165, 1.54) is 0 Å². The Kier molecular flexibility index (Phi) is 5.47. The molecule has 0 spiro atoms. The van der Waals surface area contributed by atoms with Crippen LogP contribution in [0.3, 0.4) is 0 Å². The van der Waals surface area contributed by atoms with E-state index < -0.39 is 29.0 Å². The van der Waals surface area contributed by atoms with Gasteiger partial charge in [0.05, 0.1) is 28.6 Å². The molecule has 1 radical (unpaired) electrons. The van der Waals surface area contributed by atoms with E-state index in [-0.39, 0.29) is 29.5 Å². The number of fused-ring (bicyclic) bond motifs is 2. The summed E-state index contributed by atoms with van der Waals surface area (Å²) in [6.07, 6.45) is 1.00. The van der Waals surface area contributed by atoms with Gasteiger partial charge in [-0.3, -0.25) is 4.79 Å². The molecule has 1 unspecified atom stereocenters. The van der Waals surface area contributed by atoms with Gasteiger partial charge in [-0.15, -0.1) is 0 Å². The summed E-state index contributed by atoms with van der Waals surface area (Å²) < 4.78 is 12.4. The maximum Gasteiger partial charge on any atom is 0.374 e. The van der Waals surface area contributed by atoms with Gasteiger partial charge in [0.1, 0.15) is 17.6 Å². The molecule has 4 heterocycles. The number of hydrogen-bond acceptors (Lipinski definition) is 7. The number of carboxylic acids is 1. The number of benzene rings is 2. The highest BCUT2D eigenvalue weighted by Crippen LogP contribution is 2.44. The van der Waals surface area contributed by atoms with Crippen molar-refractivity contribution < 1.29 is 29.0 Å². The molecule has 4 N–H and O–H groups in total. The number of aliphatic carboxylic acids is 1. The van der Waals surface area contributed by atoms with Crippen LogP contribution in [0.15, 0.2) is 54.5 Å². The van der Waals surface area contributed by atoms with Crippen molar-refractivity contribution >= 4 is 34.6 Å². The Morgan fingerprint density at radius 2 is 1.95 bits per heavy atom. The normalized spacial score (nSPS) is 19.3. The van der Waals surface area contributed by atoms with Gasteiger partial charge in [-0.2, -0.15) is 9.78 Å². The first-order valence-electron chi connectivity index (χ1n) is 12.6. The molecule has 12 nitrogen and oxygen atoms in total. The Morgan fingerprint density at radius 1 is 1.20 bits per heavy atom. The van der Waals surface area contributed by atoms with Crippen molar-refractivity contribution in [2.75, 3.05) is 11.4 Å². The summed E-state index contributed by atoms with van der Waals surface area (Å²) in [7, 11) is 0. The third-order valence-corrected chi connectivity index (χ3v) is 7.22. The van der Waals surface area contributed by atoms with Crippen molar-refractivity contribution in [2.24, 2.45) is 5.73 Å². The summed E-state index contributed by atoms with van der Waals surface area (Å²) in [5.41, 5.74) is 8.72. The molecule has 2 aliphatic heterocycles. The zero-order valence-corrected chi connectivity index (χ0v) is 21.9. The van der Waals surface area contributed by atoms with Crippen LogP contribution in [0.2, 0.25) is 0 Å². The number of aromatic amines is 1. The van der Waals surface area contributed by atoms with Crippen LogP contribution in [0.25, 0.3) is 22.6 Å². The van der Waals surface area contributed by atoms with Gasteiger partial charge >= 0.3 is 12.0 Å². The number of imidazole rings is 1. The molecular formula is C28H25N6O6. The summed E-state index contributed by atoms with van der Waals surface area (Å²) in [5.74, 6) is -3.27. The van der Waals surface area contributed by atoms with Crippen LogP contribution in [-0.4, -0.2) is 49.3 Å². The van der Waals surface area contributed by atoms with Crippen molar-refractivity contribution in [1.29, 1.82) is 0 Å². The minimum atomic E-state index is -1.78. The Bertz CT molecular complexity index is 1740. The number of carbonyl (C=O) groups is 3. The molecule has 203 valence electrons. The number of rotatable bonds is 6. The van der Waals surface area contributed by atoms with E-state index in [0.29, 0.717) is 17.6 Å². The number of hydrogen-bond donors (Lipinski definition) is 3. The van der Waals surface area contributed by atoms with Crippen molar-refractivity contribution in [1.82, 2.24) is 19.7 Å². The van der Waals surface area contributed by atoms with Gasteiger partial charge in [0, 0.05) is 12.6 Å². The van der Waals surface area contributed by atoms with Gasteiger partial charge in [-0.25, -0.2) is 14.6 Å². The highest BCUT2D eigenvalue weighted by atomic mass is 16.7. The molecule has 2 aromatic heterocycles. The van der Waals surface area contributed by atoms with Crippen molar-refractivity contribution in [3.63, 3.8) is 0 Å². The van der Waals surface area contributed by atoms with Crippen LogP contribution in [0, 0.1) is 6.07 Å². The van der Waals surface area contributed by atoms with Gasteiger partial charge in [0.15, 0.2) is 5.82 Å². The second-order valence-electron chi connectivity index (χ2n) is 10.1. The summed E-state index contributed by atoms with van der Waals surface area (Å²) in [4.78, 5) is 46.7. The first-order valence-corrected chi connectivity index (χ1v) is 12.6. The Labute approximate surface area is 228 Å². The van der Waals surface area contributed by atoms with Crippen LogP contribution < -0.4 is 10.6 Å². The van der Waals surface area contributed by atoms with Gasteiger partial charge in [0.2, 0.25) is 11.7 Å². The Morgan fingerprint density at radius 3 is 2.60 bits per heavy atom. The quantitative estimate of drug-likeness (QED) is 0.335. The fourth-order valence-electron chi connectivity index (χ4n) is 5.22. The summed E-state index contributed by atoms with van der Waals surface area (Å²) in [6, 6.07) is 14.9. The summed E-state index contributed by atoms with van der Waals surface area (Å²) >= 11 is 0. The largest absolute Gasteiger partial charge is 0.475 e. The predicted octanol–water partition coefficient (Wildman–Crippen LogP) is 3.17. The molecule has 0 saturated heterocycles. The Hall–Kier alpha value is -5.13. The second-order valence-corrected chi connectivity index (χ2v) is 10.1. The minimum absolute atomic E-state index is 0.0191. The number of amides is 2. The molecule has 0 fully saturated rings. The maximum atomic E-state index is 12.9. The number of carboxylic acid groups (broad SMARTS) is 1. The molecule has 40 heavy (non-hydrogen) atoms. The van der Waals surface area contributed by atoms with Crippen LogP contribution in [0.4, 0.5) is 10.5 Å². The molecular weight excluding hydrogens is 516 g/mol. The fourth-order valence-corrected chi connectivity index (χ4v) is 5.22. The molecule has 2 amide bonds. The van der Waals surface area contributed by atoms with Crippen LogP contribution >= 0.6 is 0 Å². The molecule has 2 aromatic carbocycles. The monoisotopic (exact) mass is 541 g/mol. The summed E-state index contributed by atoms with van der Waals surface area (Å²) in [6.45, 7) is 6.21. The number of primary amides is 1. The predicted molar refractivity (Wildman–Crippen MR) is 142 cm³/mol. The molecule has 12 heteroatoms. The third-order valence-electron chi connectivity index (χ3n) is 7.22. The van der Waals surface area contributed by atoms with Crippen LogP contribution in [-0.2, 0) is 36.7 Å². The van der Waals surface area contributed by atoms with Gasteiger partial charge < -0.3 is 30.2 Å². The lowest BCUT2D eigenvalue weighted by molar-refractivity contribution is -0.170. The number of anilines is 1. The van der Waals surface area contributed by atoms with E-state index in [1.54, 1.807) is 4.90 Å². The lowest BCUT2D eigenvalue weighted by Crippen LogP contribution is -2.37. The van der Waals surface area contributed by atoms with E-state index >= 15 is 0 Å². The van der Waals surface area contributed by atoms with E-state index in [4.69, 9.17) is 15.2 Å². The molecule has 0 saturated carbocycles. The van der Waals surface area contributed by atoms with E-state index in [1.807, 2.05) is 63.2 Å². The number of likely N-dealkylation sites (N-methyl/N-ethyl adjacent to an activating group) is 1. The van der Waals surface area contributed by atoms with E-state index in [9.17, 15) is 19.5 Å².